The quantitative estimate of drug-likeness (QED) is 0.639. The second kappa shape index (κ2) is 7.39. The number of nitrogens with one attached hydrogen (secondary N) is 2. The minimum atomic E-state index is 0.417. The summed E-state index contributed by atoms with van der Waals surface area (Å²) < 4.78 is 0. The Morgan fingerprint density at radius 2 is 1.72 bits per heavy atom. The zero-order chi connectivity index (χ0) is 17.8. The van der Waals surface area contributed by atoms with Crippen LogP contribution in [0.4, 0.5) is 23.1 Å². The van der Waals surface area contributed by atoms with Crippen molar-refractivity contribution < 1.29 is 0 Å². The van der Waals surface area contributed by atoms with Crippen LogP contribution in [0.2, 0.25) is 10.0 Å². The van der Waals surface area contributed by atoms with Crippen LogP contribution >= 0.6 is 23.2 Å². The standard InChI is InChI=1S/C18H13Cl2N5/c1-11-8-17(23-14-5-2-12(10-21)3-6-14)25-18(22-11)24-16-7-4-13(19)9-15(16)20/h2-9H,1H3,(H2,22,23,24,25). The number of rotatable bonds is 4. The fourth-order valence-electron chi connectivity index (χ4n) is 2.18. The van der Waals surface area contributed by atoms with Crippen LogP contribution in [0.5, 0.6) is 0 Å². The summed E-state index contributed by atoms with van der Waals surface area (Å²) in [5.41, 5.74) is 2.89. The molecule has 0 aliphatic carbocycles. The van der Waals surface area contributed by atoms with E-state index in [0.29, 0.717) is 33.1 Å². The van der Waals surface area contributed by atoms with E-state index in [4.69, 9.17) is 28.5 Å². The molecular formula is C18H13Cl2N5. The van der Waals surface area contributed by atoms with Gasteiger partial charge in [0, 0.05) is 22.5 Å². The third-order valence-electron chi connectivity index (χ3n) is 3.32. The monoisotopic (exact) mass is 369 g/mol. The lowest BCUT2D eigenvalue weighted by atomic mass is 10.2. The highest BCUT2D eigenvalue weighted by Gasteiger charge is 2.07. The molecule has 0 amide bonds. The molecule has 0 aliphatic rings. The van der Waals surface area contributed by atoms with Gasteiger partial charge < -0.3 is 10.6 Å². The van der Waals surface area contributed by atoms with Crippen molar-refractivity contribution in [1.82, 2.24) is 9.97 Å². The van der Waals surface area contributed by atoms with Gasteiger partial charge in [-0.1, -0.05) is 23.2 Å². The second-order valence-corrected chi connectivity index (χ2v) is 6.13. The van der Waals surface area contributed by atoms with Crippen molar-refractivity contribution in [1.29, 1.82) is 5.26 Å². The van der Waals surface area contributed by atoms with E-state index in [-0.39, 0.29) is 0 Å². The molecule has 0 bridgehead atoms. The molecule has 1 heterocycles. The highest BCUT2D eigenvalue weighted by molar-refractivity contribution is 6.36. The average molecular weight is 370 g/mol. The topological polar surface area (TPSA) is 73.6 Å². The lowest BCUT2D eigenvalue weighted by Gasteiger charge is -2.11. The third-order valence-corrected chi connectivity index (χ3v) is 3.87. The Morgan fingerprint density at radius 3 is 2.40 bits per heavy atom. The smallest absolute Gasteiger partial charge is 0.229 e. The number of hydrogen-bond donors (Lipinski definition) is 2. The van der Waals surface area contributed by atoms with E-state index in [0.717, 1.165) is 11.4 Å². The predicted octanol–water partition coefficient (Wildman–Crippen LogP) is 5.45. The van der Waals surface area contributed by atoms with Crippen molar-refractivity contribution in [3.63, 3.8) is 0 Å². The van der Waals surface area contributed by atoms with E-state index < -0.39 is 0 Å². The minimum Gasteiger partial charge on any atom is -0.340 e. The summed E-state index contributed by atoms with van der Waals surface area (Å²) in [6, 6.07) is 16.2. The number of aromatic nitrogens is 2. The van der Waals surface area contributed by atoms with Crippen LogP contribution in [0, 0.1) is 18.3 Å². The number of nitrogens with zero attached hydrogens (tertiary/aromatic N) is 3. The highest BCUT2D eigenvalue weighted by Crippen LogP contribution is 2.28. The van der Waals surface area contributed by atoms with Gasteiger partial charge in [-0.15, -0.1) is 0 Å². The molecule has 3 rings (SSSR count). The maximum atomic E-state index is 8.85. The summed E-state index contributed by atoms with van der Waals surface area (Å²) in [4.78, 5) is 8.81. The first-order valence-electron chi connectivity index (χ1n) is 7.38. The Bertz CT molecular complexity index is 949. The summed E-state index contributed by atoms with van der Waals surface area (Å²) in [7, 11) is 0. The lowest BCUT2D eigenvalue weighted by molar-refractivity contribution is 1.11. The van der Waals surface area contributed by atoms with Gasteiger partial charge in [-0.25, -0.2) is 4.98 Å². The lowest BCUT2D eigenvalue weighted by Crippen LogP contribution is -2.02. The molecule has 5 nitrogen and oxygen atoms in total. The number of halogens is 2. The van der Waals surface area contributed by atoms with E-state index in [1.54, 1.807) is 30.3 Å². The number of benzene rings is 2. The minimum absolute atomic E-state index is 0.417. The van der Waals surface area contributed by atoms with Crippen molar-refractivity contribution in [2.24, 2.45) is 0 Å². The van der Waals surface area contributed by atoms with Crippen molar-refractivity contribution in [2.45, 2.75) is 6.92 Å². The van der Waals surface area contributed by atoms with Crippen LogP contribution in [0.25, 0.3) is 0 Å². The van der Waals surface area contributed by atoms with Crippen LogP contribution in [0.15, 0.2) is 48.5 Å². The number of hydrogen-bond acceptors (Lipinski definition) is 5. The summed E-state index contributed by atoms with van der Waals surface area (Å²) >= 11 is 12.1. The van der Waals surface area contributed by atoms with E-state index in [9.17, 15) is 0 Å². The SMILES string of the molecule is Cc1cc(Nc2ccc(C#N)cc2)nc(Nc2ccc(Cl)cc2Cl)n1. The first-order valence-corrected chi connectivity index (χ1v) is 8.14. The molecule has 2 aromatic carbocycles. The van der Waals surface area contributed by atoms with Crippen molar-refractivity contribution in [3.05, 3.63) is 69.8 Å². The van der Waals surface area contributed by atoms with E-state index in [1.807, 2.05) is 25.1 Å². The largest absolute Gasteiger partial charge is 0.340 e. The van der Waals surface area contributed by atoms with Gasteiger partial charge in [0.25, 0.3) is 0 Å². The molecule has 0 fully saturated rings. The second-order valence-electron chi connectivity index (χ2n) is 5.28. The Morgan fingerprint density at radius 1 is 0.960 bits per heavy atom. The third kappa shape index (κ3) is 4.38. The Hall–Kier alpha value is -2.81. The van der Waals surface area contributed by atoms with E-state index in [1.165, 1.54) is 0 Å². The Kier molecular flexibility index (Phi) is 5.03. The molecule has 25 heavy (non-hydrogen) atoms. The predicted molar refractivity (Wildman–Crippen MR) is 101 cm³/mol. The molecule has 3 aromatic rings. The zero-order valence-electron chi connectivity index (χ0n) is 13.2. The Balaban J connectivity index is 1.83. The van der Waals surface area contributed by atoms with Gasteiger partial charge in [0.05, 0.1) is 22.3 Å². The van der Waals surface area contributed by atoms with Crippen molar-refractivity contribution in [2.75, 3.05) is 10.6 Å². The maximum absolute atomic E-state index is 8.85. The molecule has 0 saturated carbocycles. The van der Waals surface area contributed by atoms with Gasteiger partial charge in [-0.3, -0.25) is 0 Å². The van der Waals surface area contributed by atoms with Crippen LogP contribution in [-0.4, -0.2) is 9.97 Å². The highest BCUT2D eigenvalue weighted by atomic mass is 35.5. The molecule has 124 valence electrons. The van der Waals surface area contributed by atoms with Crippen molar-refractivity contribution >= 4 is 46.3 Å². The van der Waals surface area contributed by atoms with Gasteiger partial charge in [-0.05, 0) is 49.4 Å². The van der Waals surface area contributed by atoms with Gasteiger partial charge in [0.15, 0.2) is 0 Å². The summed E-state index contributed by atoms with van der Waals surface area (Å²) in [5, 5.41) is 16.2. The first kappa shape index (κ1) is 17.0. The van der Waals surface area contributed by atoms with Crippen LogP contribution in [-0.2, 0) is 0 Å². The molecular weight excluding hydrogens is 357 g/mol. The summed E-state index contributed by atoms with van der Waals surface area (Å²) in [5.74, 6) is 1.05. The summed E-state index contributed by atoms with van der Waals surface area (Å²) in [6.45, 7) is 1.88. The average Bonchev–Trinajstić information content (AvgIpc) is 2.58. The normalized spacial score (nSPS) is 10.2. The number of aryl methyl sites for hydroxylation is 1. The van der Waals surface area contributed by atoms with Crippen LogP contribution in [0.1, 0.15) is 11.3 Å². The molecule has 0 atom stereocenters. The zero-order valence-corrected chi connectivity index (χ0v) is 14.7. The molecule has 1 aromatic heterocycles. The molecule has 2 N–H and O–H groups in total. The molecule has 0 spiro atoms. The molecule has 0 unspecified atom stereocenters. The van der Waals surface area contributed by atoms with E-state index in [2.05, 4.69) is 26.7 Å². The van der Waals surface area contributed by atoms with Gasteiger partial charge in [0.1, 0.15) is 5.82 Å². The van der Waals surface area contributed by atoms with Gasteiger partial charge in [0.2, 0.25) is 5.95 Å². The number of nitriles is 1. The first-order chi connectivity index (χ1) is 12.0. The van der Waals surface area contributed by atoms with Crippen LogP contribution in [0.3, 0.4) is 0 Å². The van der Waals surface area contributed by atoms with Crippen molar-refractivity contribution in [3.8, 4) is 6.07 Å². The Labute approximate surface area is 155 Å². The molecule has 7 heteroatoms. The molecule has 0 saturated heterocycles. The number of anilines is 4. The maximum Gasteiger partial charge on any atom is 0.229 e. The van der Waals surface area contributed by atoms with Gasteiger partial charge in [-0.2, -0.15) is 10.2 Å². The van der Waals surface area contributed by atoms with Crippen LogP contribution < -0.4 is 10.6 Å². The van der Waals surface area contributed by atoms with Gasteiger partial charge >= 0.3 is 0 Å². The molecule has 0 radical (unpaired) electrons. The van der Waals surface area contributed by atoms with E-state index >= 15 is 0 Å². The fourth-order valence-corrected chi connectivity index (χ4v) is 2.63. The molecule has 0 aliphatic heterocycles. The summed E-state index contributed by atoms with van der Waals surface area (Å²) in [6.07, 6.45) is 0. The fraction of sp³-hybridized carbons (Fsp3) is 0.0556.